The molecular formula is C29H21Cl2FN4O3S. The summed E-state index contributed by atoms with van der Waals surface area (Å²) in [6, 6.07) is 22.4. The summed E-state index contributed by atoms with van der Waals surface area (Å²) in [6.07, 6.45) is 2.63. The number of nitrogens with zero attached hydrogens (tertiary/aromatic N) is 1. The smallest absolute Gasteiger partial charge is 0.272 e. The first-order valence-electron chi connectivity index (χ1n) is 11.8. The zero-order valence-corrected chi connectivity index (χ0v) is 23.0. The van der Waals surface area contributed by atoms with Crippen LogP contribution in [-0.4, -0.2) is 28.5 Å². The maximum absolute atomic E-state index is 14.5. The molecule has 3 aromatic carbocycles. The van der Waals surface area contributed by atoms with Crippen LogP contribution < -0.4 is 16.0 Å². The number of halogens is 3. The highest BCUT2D eigenvalue weighted by Gasteiger charge is 2.17. The lowest BCUT2D eigenvalue weighted by Gasteiger charge is -2.12. The second kappa shape index (κ2) is 13.7. The van der Waals surface area contributed by atoms with Gasteiger partial charge in [-0.25, -0.2) is 9.37 Å². The van der Waals surface area contributed by atoms with E-state index < -0.39 is 17.6 Å². The summed E-state index contributed by atoms with van der Waals surface area (Å²) in [4.78, 5) is 43.0. The van der Waals surface area contributed by atoms with Gasteiger partial charge in [0.15, 0.2) is 0 Å². The maximum Gasteiger partial charge on any atom is 0.272 e. The molecule has 11 heteroatoms. The Morgan fingerprint density at radius 2 is 1.62 bits per heavy atom. The van der Waals surface area contributed by atoms with Crippen molar-refractivity contribution in [2.45, 2.75) is 4.90 Å². The van der Waals surface area contributed by atoms with E-state index in [1.165, 1.54) is 42.2 Å². The number of anilines is 2. The number of hydrogen-bond acceptors (Lipinski definition) is 5. The molecule has 3 amide bonds. The fraction of sp³-hybridized carbons (Fsp3) is 0.0345. The number of amides is 3. The van der Waals surface area contributed by atoms with Crippen LogP contribution >= 0.6 is 35.0 Å². The average molecular weight is 595 g/mol. The standard InChI is InChI=1S/C29H21Cl2FN4O3S/c30-19-9-14-26(33-16-19)36-27(37)17-40-21-12-10-20(11-13-21)34-29(39)25(15-22-23(31)7-4-8-24(22)32)35-28(38)18-5-2-1-3-6-18/h1-16H,17H2,(H,34,39)(H,35,38)(H,33,36,37)/b25-15-. The Balaban J connectivity index is 1.43. The van der Waals surface area contributed by atoms with Gasteiger partial charge in [-0.15, -0.1) is 11.8 Å². The number of benzene rings is 3. The van der Waals surface area contributed by atoms with E-state index in [9.17, 15) is 18.8 Å². The second-order valence-corrected chi connectivity index (χ2v) is 10.1. The summed E-state index contributed by atoms with van der Waals surface area (Å²) in [5.74, 6) is -1.59. The van der Waals surface area contributed by atoms with Gasteiger partial charge in [-0.3, -0.25) is 14.4 Å². The molecule has 0 bridgehead atoms. The van der Waals surface area contributed by atoms with Crippen LogP contribution in [0.4, 0.5) is 15.9 Å². The van der Waals surface area contributed by atoms with Crippen LogP contribution in [0.15, 0.2) is 102 Å². The molecule has 0 atom stereocenters. The van der Waals surface area contributed by atoms with E-state index in [-0.39, 0.29) is 27.9 Å². The highest BCUT2D eigenvalue weighted by Crippen LogP contribution is 2.24. The van der Waals surface area contributed by atoms with E-state index in [2.05, 4.69) is 20.9 Å². The van der Waals surface area contributed by atoms with Gasteiger partial charge in [0.05, 0.1) is 15.8 Å². The molecule has 40 heavy (non-hydrogen) atoms. The van der Waals surface area contributed by atoms with Gasteiger partial charge in [-0.1, -0.05) is 47.5 Å². The van der Waals surface area contributed by atoms with Gasteiger partial charge < -0.3 is 16.0 Å². The van der Waals surface area contributed by atoms with Crippen LogP contribution in [0.1, 0.15) is 15.9 Å². The molecule has 4 rings (SSSR count). The molecule has 0 spiro atoms. The molecule has 1 aromatic heterocycles. The number of carbonyl (C=O) groups is 3. The highest BCUT2D eigenvalue weighted by atomic mass is 35.5. The lowest BCUT2D eigenvalue weighted by molar-refractivity contribution is -0.114. The van der Waals surface area contributed by atoms with Crippen molar-refractivity contribution >= 4 is 70.3 Å². The van der Waals surface area contributed by atoms with Gasteiger partial charge >= 0.3 is 0 Å². The summed E-state index contributed by atoms with van der Waals surface area (Å²) in [5.41, 5.74) is 0.495. The first-order chi connectivity index (χ1) is 19.3. The number of carbonyl (C=O) groups excluding carboxylic acids is 3. The van der Waals surface area contributed by atoms with Crippen LogP contribution in [-0.2, 0) is 9.59 Å². The van der Waals surface area contributed by atoms with Crippen molar-refractivity contribution in [3.05, 3.63) is 124 Å². The lowest BCUT2D eigenvalue weighted by Crippen LogP contribution is -2.30. The summed E-state index contributed by atoms with van der Waals surface area (Å²) < 4.78 is 14.5. The van der Waals surface area contributed by atoms with E-state index >= 15 is 0 Å². The number of rotatable bonds is 9. The van der Waals surface area contributed by atoms with Crippen molar-refractivity contribution in [3.8, 4) is 0 Å². The van der Waals surface area contributed by atoms with Gasteiger partial charge in [-0.2, -0.15) is 0 Å². The number of nitrogens with one attached hydrogen (secondary N) is 3. The Hall–Kier alpha value is -4.18. The van der Waals surface area contributed by atoms with E-state index in [1.54, 1.807) is 66.7 Å². The second-order valence-electron chi connectivity index (χ2n) is 8.19. The first-order valence-corrected chi connectivity index (χ1v) is 13.5. The molecule has 0 aliphatic heterocycles. The van der Waals surface area contributed by atoms with E-state index in [0.29, 0.717) is 22.1 Å². The molecule has 7 nitrogen and oxygen atoms in total. The van der Waals surface area contributed by atoms with Crippen molar-refractivity contribution in [3.63, 3.8) is 0 Å². The Kier molecular flexibility index (Phi) is 9.91. The molecule has 0 radical (unpaired) electrons. The van der Waals surface area contributed by atoms with E-state index in [4.69, 9.17) is 23.2 Å². The lowest BCUT2D eigenvalue weighted by atomic mass is 10.1. The topological polar surface area (TPSA) is 100 Å². The number of aromatic nitrogens is 1. The monoisotopic (exact) mass is 594 g/mol. The fourth-order valence-corrected chi connectivity index (χ4v) is 4.37. The third-order valence-electron chi connectivity index (χ3n) is 5.29. The average Bonchev–Trinajstić information content (AvgIpc) is 2.95. The zero-order valence-electron chi connectivity index (χ0n) is 20.7. The number of pyridine rings is 1. The largest absolute Gasteiger partial charge is 0.321 e. The van der Waals surface area contributed by atoms with Gasteiger partial charge in [0, 0.05) is 27.9 Å². The Labute approximate surface area is 243 Å². The normalized spacial score (nSPS) is 11.0. The molecular weight excluding hydrogens is 574 g/mol. The minimum absolute atomic E-state index is 0.0403. The maximum atomic E-state index is 14.5. The van der Waals surface area contributed by atoms with Crippen molar-refractivity contribution in [2.24, 2.45) is 0 Å². The molecule has 4 aromatic rings. The fourth-order valence-electron chi connectivity index (χ4n) is 3.35. The summed E-state index contributed by atoms with van der Waals surface area (Å²) >= 11 is 13.2. The quantitative estimate of drug-likeness (QED) is 0.148. The van der Waals surface area contributed by atoms with E-state index in [0.717, 1.165) is 4.90 Å². The molecule has 1 heterocycles. The molecule has 0 aliphatic rings. The SMILES string of the molecule is O=C(CSc1ccc(NC(=O)/C(=C/c2c(F)cccc2Cl)NC(=O)c2ccccc2)cc1)Nc1ccc(Cl)cn1. The van der Waals surface area contributed by atoms with Gasteiger partial charge in [-0.05, 0) is 66.7 Å². The minimum atomic E-state index is -0.682. The van der Waals surface area contributed by atoms with Gasteiger partial charge in [0.2, 0.25) is 5.91 Å². The summed E-state index contributed by atoms with van der Waals surface area (Å²) in [7, 11) is 0. The molecule has 0 fully saturated rings. The first kappa shape index (κ1) is 28.8. The molecule has 3 N–H and O–H groups in total. The molecule has 0 unspecified atom stereocenters. The van der Waals surface area contributed by atoms with Crippen molar-refractivity contribution in [1.82, 2.24) is 10.3 Å². The highest BCUT2D eigenvalue weighted by molar-refractivity contribution is 8.00. The van der Waals surface area contributed by atoms with Crippen molar-refractivity contribution in [1.29, 1.82) is 0 Å². The van der Waals surface area contributed by atoms with Crippen LogP contribution in [0.25, 0.3) is 6.08 Å². The third kappa shape index (κ3) is 8.16. The Bertz CT molecular complexity index is 1530. The van der Waals surface area contributed by atoms with Crippen molar-refractivity contribution < 1.29 is 18.8 Å². The van der Waals surface area contributed by atoms with Crippen LogP contribution in [0.5, 0.6) is 0 Å². The Morgan fingerprint density at radius 1 is 0.875 bits per heavy atom. The summed E-state index contributed by atoms with van der Waals surface area (Å²) in [6.45, 7) is 0. The zero-order chi connectivity index (χ0) is 28.5. The van der Waals surface area contributed by atoms with Crippen LogP contribution in [0.2, 0.25) is 10.0 Å². The minimum Gasteiger partial charge on any atom is -0.321 e. The van der Waals surface area contributed by atoms with Crippen LogP contribution in [0.3, 0.4) is 0 Å². The predicted octanol–water partition coefficient (Wildman–Crippen LogP) is 6.67. The van der Waals surface area contributed by atoms with Gasteiger partial charge in [0.1, 0.15) is 17.3 Å². The molecule has 202 valence electrons. The third-order valence-corrected chi connectivity index (χ3v) is 6.86. The van der Waals surface area contributed by atoms with Crippen molar-refractivity contribution in [2.75, 3.05) is 16.4 Å². The number of thioether (sulfide) groups is 1. The van der Waals surface area contributed by atoms with Gasteiger partial charge in [0.25, 0.3) is 11.8 Å². The summed E-state index contributed by atoms with van der Waals surface area (Å²) in [5, 5.41) is 8.47. The molecule has 0 saturated heterocycles. The Morgan fingerprint density at radius 3 is 2.30 bits per heavy atom. The van der Waals surface area contributed by atoms with Crippen LogP contribution in [0, 0.1) is 5.82 Å². The molecule has 0 saturated carbocycles. The van der Waals surface area contributed by atoms with E-state index in [1.807, 2.05) is 0 Å². The predicted molar refractivity (Wildman–Crippen MR) is 157 cm³/mol. The number of hydrogen-bond donors (Lipinski definition) is 3. The molecule has 0 aliphatic carbocycles.